The molecule has 0 aliphatic rings. The number of rotatable bonds is 8. The fraction of sp³-hybridized carbons (Fsp3) is 0.438. The molecule has 0 saturated heterocycles. The van der Waals surface area contributed by atoms with Gasteiger partial charge in [0.15, 0.2) is 5.16 Å². The molecule has 0 bridgehead atoms. The Morgan fingerprint density at radius 1 is 1.35 bits per heavy atom. The zero-order chi connectivity index (χ0) is 16.8. The topological polar surface area (TPSA) is 73.8 Å². The first-order valence-electron chi connectivity index (χ1n) is 7.54. The van der Waals surface area contributed by atoms with Gasteiger partial charge in [0.2, 0.25) is 5.91 Å². The highest BCUT2D eigenvalue weighted by Crippen LogP contribution is 2.26. The van der Waals surface area contributed by atoms with Crippen LogP contribution in [0.15, 0.2) is 29.4 Å². The number of hydrogen-bond donors (Lipinski definition) is 1. The Balaban J connectivity index is 2.13. The summed E-state index contributed by atoms with van der Waals surface area (Å²) in [6.45, 7) is 5.09. The van der Waals surface area contributed by atoms with E-state index in [1.54, 1.807) is 11.8 Å². The van der Waals surface area contributed by atoms with Crippen LogP contribution in [0, 0.1) is 5.92 Å². The zero-order valence-electron chi connectivity index (χ0n) is 13.3. The quantitative estimate of drug-likeness (QED) is 0.740. The third-order valence-electron chi connectivity index (χ3n) is 3.25. The maximum absolute atomic E-state index is 11.0. The van der Waals surface area contributed by atoms with Gasteiger partial charge < -0.3 is 10.3 Å². The summed E-state index contributed by atoms with van der Waals surface area (Å²) >= 11 is 7.80. The number of nitrogens with zero attached hydrogens (tertiary/aromatic N) is 3. The maximum Gasteiger partial charge on any atom is 0.217 e. The van der Waals surface area contributed by atoms with E-state index in [-0.39, 0.29) is 12.3 Å². The molecule has 0 atom stereocenters. The molecule has 0 radical (unpaired) electrons. The van der Waals surface area contributed by atoms with Gasteiger partial charge in [-0.15, -0.1) is 10.2 Å². The van der Waals surface area contributed by atoms with E-state index < -0.39 is 0 Å². The van der Waals surface area contributed by atoms with Crippen LogP contribution in [0.5, 0.6) is 0 Å². The number of thioether (sulfide) groups is 1. The lowest BCUT2D eigenvalue weighted by atomic mass is 10.2. The van der Waals surface area contributed by atoms with Gasteiger partial charge in [-0.2, -0.15) is 0 Å². The van der Waals surface area contributed by atoms with Crippen molar-refractivity contribution in [2.75, 3.05) is 0 Å². The fourth-order valence-electron chi connectivity index (χ4n) is 2.15. The number of hydrogen-bond acceptors (Lipinski definition) is 4. The van der Waals surface area contributed by atoms with Gasteiger partial charge in [0.25, 0.3) is 0 Å². The Kier molecular flexibility index (Phi) is 6.47. The summed E-state index contributed by atoms with van der Waals surface area (Å²) in [5, 5.41) is 10.1. The van der Waals surface area contributed by atoms with E-state index in [2.05, 4.69) is 28.6 Å². The summed E-state index contributed by atoms with van der Waals surface area (Å²) in [5.74, 6) is 1.66. The van der Waals surface area contributed by atoms with Crippen LogP contribution in [-0.4, -0.2) is 20.7 Å². The average Bonchev–Trinajstić information content (AvgIpc) is 2.86. The number of aromatic nitrogens is 3. The van der Waals surface area contributed by atoms with Crippen molar-refractivity contribution in [2.45, 2.75) is 44.1 Å². The zero-order valence-corrected chi connectivity index (χ0v) is 14.9. The first-order chi connectivity index (χ1) is 11.0. The van der Waals surface area contributed by atoms with Gasteiger partial charge in [-0.3, -0.25) is 4.79 Å². The Hall–Kier alpha value is -1.53. The van der Waals surface area contributed by atoms with E-state index in [1.807, 2.05) is 24.3 Å². The predicted molar refractivity (Wildman–Crippen MR) is 93.4 cm³/mol. The Labute approximate surface area is 145 Å². The molecule has 2 N–H and O–H groups in total. The van der Waals surface area contributed by atoms with Crippen molar-refractivity contribution in [3.05, 3.63) is 40.7 Å². The van der Waals surface area contributed by atoms with Crippen molar-refractivity contribution < 1.29 is 4.79 Å². The van der Waals surface area contributed by atoms with Crippen molar-refractivity contribution in [1.29, 1.82) is 0 Å². The summed E-state index contributed by atoms with van der Waals surface area (Å²) in [6, 6.07) is 7.78. The first kappa shape index (κ1) is 17.8. The number of carbonyl (C=O) groups excluding carboxylic acids is 1. The van der Waals surface area contributed by atoms with Gasteiger partial charge in [-0.1, -0.05) is 55.4 Å². The van der Waals surface area contributed by atoms with Crippen LogP contribution in [-0.2, 0) is 23.5 Å². The second-order valence-electron chi connectivity index (χ2n) is 5.75. The molecule has 0 fully saturated rings. The third-order valence-corrected chi connectivity index (χ3v) is 4.64. The van der Waals surface area contributed by atoms with Gasteiger partial charge in [0.05, 0.1) is 0 Å². The lowest BCUT2D eigenvalue weighted by Gasteiger charge is -2.12. The minimum absolute atomic E-state index is 0.283. The number of benzene rings is 1. The second kappa shape index (κ2) is 8.36. The third kappa shape index (κ3) is 5.25. The van der Waals surface area contributed by atoms with Crippen LogP contribution in [0.4, 0.5) is 0 Å². The minimum atomic E-state index is -0.325. The first-order valence-corrected chi connectivity index (χ1v) is 8.90. The smallest absolute Gasteiger partial charge is 0.217 e. The van der Waals surface area contributed by atoms with E-state index in [1.165, 1.54) is 0 Å². The molecule has 1 aromatic heterocycles. The molecule has 5 nitrogen and oxygen atoms in total. The number of nitrogens with two attached hydrogens (primary N) is 1. The van der Waals surface area contributed by atoms with Crippen LogP contribution < -0.4 is 5.73 Å². The standard InChI is InChI=1S/C16H21ClN4OS/c1-11(2)9-21-15(8-7-14(18)22)19-20-16(21)23-10-12-5-3-4-6-13(12)17/h3-6,11H,7-10H2,1-2H3,(H2,18,22). The number of halogens is 1. The van der Waals surface area contributed by atoms with Gasteiger partial charge >= 0.3 is 0 Å². The summed E-state index contributed by atoms with van der Waals surface area (Å²) < 4.78 is 2.08. The van der Waals surface area contributed by atoms with Gasteiger partial charge in [0, 0.05) is 30.2 Å². The van der Waals surface area contributed by atoms with Gasteiger partial charge in [-0.05, 0) is 17.5 Å². The van der Waals surface area contributed by atoms with Gasteiger partial charge in [-0.25, -0.2) is 0 Å². The molecule has 0 unspecified atom stereocenters. The Morgan fingerprint density at radius 2 is 2.09 bits per heavy atom. The largest absolute Gasteiger partial charge is 0.370 e. The van der Waals surface area contributed by atoms with Crippen LogP contribution in [0.2, 0.25) is 5.02 Å². The molecule has 1 aromatic carbocycles. The van der Waals surface area contributed by atoms with E-state index in [4.69, 9.17) is 17.3 Å². The van der Waals surface area contributed by atoms with Crippen LogP contribution >= 0.6 is 23.4 Å². The van der Waals surface area contributed by atoms with Crippen molar-refractivity contribution in [1.82, 2.24) is 14.8 Å². The Bertz CT molecular complexity index is 672. The van der Waals surface area contributed by atoms with E-state index >= 15 is 0 Å². The molecule has 23 heavy (non-hydrogen) atoms. The molecule has 1 heterocycles. The molecular weight excluding hydrogens is 332 g/mol. The SMILES string of the molecule is CC(C)Cn1c(CCC(N)=O)nnc1SCc1ccccc1Cl. The fourth-order valence-corrected chi connectivity index (χ4v) is 3.40. The molecule has 2 rings (SSSR count). The molecular formula is C16H21ClN4OS. The minimum Gasteiger partial charge on any atom is -0.370 e. The molecule has 124 valence electrons. The molecule has 0 aliphatic carbocycles. The second-order valence-corrected chi connectivity index (χ2v) is 7.10. The summed E-state index contributed by atoms with van der Waals surface area (Å²) in [5.41, 5.74) is 6.30. The predicted octanol–water partition coefficient (Wildman–Crippen LogP) is 3.30. The summed E-state index contributed by atoms with van der Waals surface area (Å²) in [4.78, 5) is 11.0. The van der Waals surface area contributed by atoms with Crippen molar-refractivity contribution in [3.8, 4) is 0 Å². The number of aryl methyl sites for hydroxylation is 1. The van der Waals surface area contributed by atoms with E-state index in [9.17, 15) is 4.79 Å². The number of carbonyl (C=O) groups is 1. The van der Waals surface area contributed by atoms with Crippen molar-refractivity contribution in [2.24, 2.45) is 11.7 Å². The highest BCUT2D eigenvalue weighted by Gasteiger charge is 2.15. The van der Waals surface area contributed by atoms with Gasteiger partial charge in [0.1, 0.15) is 5.82 Å². The molecule has 7 heteroatoms. The molecule has 0 saturated carbocycles. The lowest BCUT2D eigenvalue weighted by Crippen LogP contribution is -2.15. The number of primary amides is 1. The monoisotopic (exact) mass is 352 g/mol. The molecule has 0 aliphatic heterocycles. The molecule has 1 amide bonds. The van der Waals surface area contributed by atoms with Crippen molar-refractivity contribution >= 4 is 29.3 Å². The highest BCUT2D eigenvalue weighted by molar-refractivity contribution is 7.98. The Morgan fingerprint density at radius 3 is 2.74 bits per heavy atom. The normalized spacial score (nSPS) is 11.1. The average molecular weight is 353 g/mol. The summed E-state index contributed by atoms with van der Waals surface area (Å²) in [6.07, 6.45) is 0.799. The summed E-state index contributed by atoms with van der Waals surface area (Å²) in [7, 11) is 0. The number of amides is 1. The van der Waals surface area contributed by atoms with E-state index in [0.29, 0.717) is 12.3 Å². The highest BCUT2D eigenvalue weighted by atomic mass is 35.5. The molecule has 0 spiro atoms. The van der Waals surface area contributed by atoms with Crippen LogP contribution in [0.1, 0.15) is 31.7 Å². The van der Waals surface area contributed by atoms with Crippen molar-refractivity contribution in [3.63, 3.8) is 0 Å². The van der Waals surface area contributed by atoms with E-state index in [0.717, 1.165) is 33.9 Å². The van der Waals surface area contributed by atoms with Crippen LogP contribution in [0.3, 0.4) is 0 Å². The molecule has 2 aromatic rings. The lowest BCUT2D eigenvalue weighted by molar-refractivity contribution is -0.118. The van der Waals surface area contributed by atoms with Crippen LogP contribution in [0.25, 0.3) is 0 Å². The maximum atomic E-state index is 11.0.